The summed E-state index contributed by atoms with van der Waals surface area (Å²) in [6.07, 6.45) is 0.283. The van der Waals surface area contributed by atoms with E-state index in [0.29, 0.717) is 25.9 Å². The van der Waals surface area contributed by atoms with Crippen molar-refractivity contribution in [1.82, 2.24) is 4.90 Å². The summed E-state index contributed by atoms with van der Waals surface area (Å²) in [6.45, 7) is 10.8. The first-order valence-electron chi connectivity index (χ1n) is 9.88. The number of benzene rings is 1. The first kappa shape index (κ1) is 21.4. The third kappa shape index (κ3) is 4.52. The van der Waals surface area contributed by atoms with Crippen molar-refractivity contribution < 1.29 is 19.4 Å². The number of hydrogen-bond acceptors (Lipinski definition) is 4. The number of amides is 1. The molecule has 0 unspecified atom stereocenters. The molecule has 0 heterocycles. The van der Waals surface area contributed by atoms with Crippen molar-refractivity contribution in [3.05, 3.63) is 35.9 Å². The van der Waals surface area contributed by atoms with Crippen LogP contribution in [-0.4, -0.2) is 47.7 Å². The van der Waals surface area contributed by atoms with E-state index in [1.165, 1.54) is 0 Å². The molecule has 0 aromatic heterocycles. The fourth-order valence-corrected chi connectivity index (χ4v) is 3.67. The average molecular weight is 376 g/mol. The second-order valence-electron chi connectivity index (χ2n) is 8.37. The molecule has 0 aliphatic heterocycles. The molecule has 3 atom stereocenters. The highest BCUT2D eigenvalue weighted by atomic mass is 16.5. The van der Waals surface area contributed by atoms with Crippen LogP contribution in [0.15, 0.2) is 30.3 Å². The molecule has 0 bridgehead atoms. The molecular weight excluding hydrogens is 342 g/mol. The van der Waals surface area contributed by atoms with E-state index in [9.17, 15) is 14.7 Å². The Morgan fingerprint density at radius 3 is 2.33 bits per heavy atom. The Morgan fingerprint density at radius 2 is 1.81 bits per heavy atom. The first-order chi connectivity index (χ1) is 12.7. The molecular formula is C22H33NO4. The Balaban J connectivity index is 2.10. The zero-order chi connectivity index (χ0) is 20.2. The van der Waals surface area contributed by atoms with Crippen LogP contribution in [0.4, 0.5) is 0 Å². The van der Waals surface area contributed by atoms with Gasteiger partial charge in [-0.2, -0.15) is 0 Å². The molecule has 0 saturated heterocycles. The largest absolute Gasteiger partial charge is 0.465 e. The van der Waals surface area contributed by atoms with Gasteiger partial charge in [-0.25, -0.2) is 0 Å². The van der Waals surface area contributed by atoms with E-state index < -0.39 is 16.9 Å². The van der Waals surface area contributed by atoms with Crippen LogP contribution < -0.4 is 0 Å². The van der Waals surface area contributed by atoms with Crippen LogP contribution in [0.5, 0.6) is 0 Å². The molecule has 2 rings (SSSR count). The number of aliphatic hydroxyl groups excluding tert-OH is 1. The maximum atomic E-state index is 13.2. The van der Waals surface area contributed by atoms with E-state index in [1.807, 2.05) is 49.1 Å². The summed E-state index contributed by atoms with van der Waals surface area (Å²) < 4.78 is 5.28. The molecule has 1 aromatic rings. The molecule has 150 valence electrons. The number of ether oxygens (including phenoxy) is 1. The average Bonchev–Trinajstić information content (AvgIpc) is 3.39. The van der Waals surface area contributed by atoms with E-state index >= 15 is 0 Å². The lowest BCUT2D eigenvalue weighted by Crippen LogP contribution is -2.41. The van der Waals surface area contributed by atoms with Gasteiger partial charge < -0.3 is 14.7 Å². The van der Waals surface area contributed by atoms with E-state index in [-0.39, 0.29) is 24.4 Å². The Morgan fingerprint density at radius 1 is 1.22 bits per heavy atom. The van der Waals surface area contributed by atoms with E-state index in [2.05, 4.69) is 0 Å². The van der Waals surface area contributed by atoms with Crippen molar-refractivity contribution in [3.8, 4) is 0 Å². The van der Waals surface area contributed by atoms with Crippen LogP contribution >= 0.6 is 0 Å². The van der Waals surface area contributed by atoms with Crippen molar-refractivity contribution in [2.45, 2.75) is 59.0 Å². The second-order valence-corrected chi connectivity index (χ2v) is 8.37. The molecule has 1 amide bonds. The lowest BCUT2D eigenvalue weighted by Gasteiger charge is -2.27. The number of esters is 1. The number of rotatable bonds is 8. The Kier molecular flexibility index (Phi) is 6.68. The molecule has 1 fully saturated rings. The molecule has 1 saturated carbocycles. The monoisotopic (exact) mass is 375 g/mol. The fourth-order valence-electron chi connectivity index (χ4n) is 3.67. The standard InChI is InChI=1S/C22H33NO4/c1-6-23(7-2)19(25)22(16-11-9-8-10-12-16)15-17(22)18(24)13-14-27-20(26)21(3,4)5/h8-12,17-18,24H,6-7,13-15H2,1-5H3/t17-,18-,22+/m0/s1. The summed E-state index contributed by atoms with van der Waals surface area (Å²) in [6, 6.07) is 9.72. The number of nitrogens with zero attached hydrogens (tertiary/aromatic N) is 1. The van der Waals surface area contributed by atoms with Gasteiger partial charge in [-0.05, 0) is 46.6 Å². The normalized spacial score (nSPS) is 22.8. The molecule has 1 aromatic carbocycles. The van der Waals surface area contributed by atoms with Crippen LogP contribution in [-0.2, 0) is 19.7 Å². The van der Waals surface area contributed by atoms with Gasteiger partial charge in [0.1, 0.15) is 0 Å². The minimum absolute atomic E-state index is 0.0782. The third-order valence-electron chi connectivity index (χ3n) is 5.46. The summed E-state index contributed by atoms with van der Waals surface area (Å²) in [5, 5.41) is 10.7. The highest BCUT2D eigenvalue weighted by Gasteiger charge is 2.64. The molecule has 5 heteroatoms. The van der Waals surface area contributed by atoms with Gasteiger partial charge in [0.15, 0.2) is 0 Å². The smallest absolute Gasteiger partial charge is 0.311 e. The summed E-state index contributed by atoms with van der Waals surface area (Å²) in [5.74, 6) is -0.352. The maximum absolute atomic E-state index is 13.2. The van der Waals surface area contributed by atoms with Crippen molar-refractivity contribution in [1.29, 1.82) is 0 Å². The summed E-state index contributed by atoms with van der Waals surface area (Å²) in [7, 11) is 0. The molecule has 5 nitrogen and oxygen atoms in total. The summed E-state index contributed by atoms with van der Waals surface area (Å²) in [4.78, 5) is 27.0. The van der Waals surface area contributed by atoms with Gasteiger partial charge in [-0.15, -0.1) is 0 Å². The van der Waals surface area contributed by atoms with Crippen LogP contribution in [0.25, 0.3) is 0 Å². The predicted octanol–water partition coefficient (Wildman–Crippen LogP) is 3.15. The minimum atomic E-state index is -0.683. The van der Waals surface area contributed by atoms with Gasteiger partial charge in [0.05, 0.1) is 23.5 Å². The second kappa shape index (κ2) is 8.42. The number of hydrogen-bond donors (Lipinski definition) is 1. The van der Waals surface area contributed by atoms with Gasteiger partial charge in [-0.1, -0.05) is 30.3 Å². The third-order valence-corrected chi connectivity index (χ3v) is 5.46. The zero-order valence-corrected chi connectivity index (χ0v) is 17.2. The van der Waals surface area contributed by atoms with Crippen LogP contribution in [0.1, 0.15) is 53.0 Å². The number of carbonyl (C=O) groups is 2. The molecule has 0 radical (unpaired) electrons. The summed E-state index contributed by atoms with van der Waals surface area (Å²) in [5.41, 5.74) is -0.268. The minimum Gasteiger partial charge on any atom is -0.465 e. The fraction of sp³-hybridized carbons (Fsp3) is 0.636. The van der Waals surface area contributed by atoms with Crippen molar-refractivity contribution in [2.75, 3.05) is 19.7 Å². The summed E-state index contributed by atoms with van der Waals surface area (Å²) >= 11 is 0. The Hall–Kier alpha value is -1.88. The number of aliphatic hydroxyl groups is 1. The molecule has 1 aliphatic rings. The number of likely N-dealkylation sites (N-methyl/N-ethyl adjacent to an activating group) is 1. The molecule has 27 heavy (non-hydrogen) atoms. The first-order valence-corrected chi connectivity index (χ1v) is 9.88. The van der Waals surface area contributed by atoms with Gasteiger partial charge in [0, 0.05) is 25.4 Å². The van der Waals surface area contributed by atoms with Gasteiger partial charge in [-0.3, -0.25) is 9.59 Å². The van der Waals surface area contributed by atoms with Crippen molar-refractivity contribution >= 4 is 11.9 Å². The SMILES string of the molecule is CCN(CC)C(=O)[C@@]1(c2ccccc2)C[C@H]1[C@@H](O)CCOC(=O)C(C)(C)C. The Bertz CT molecular complexity index is 648. The zero-order valence-electron chi connectivity index (χ0n) is 17.2. The molecule has 0 spiro atoms. The van der Waals surface area contributed by atoms with E-state index in [0.717, 1.165) is 5.56 Å². The van der Waals surface area contributed by atoms with Gasteiger partial charge in [0.2, 0.25) is 5.91 Å². The predicted molar refractivity (Wildman–Crippen MR) is 105 cm³/mol. The number of carbonyl (C=O) groups excluding carboxylic acids is 2. The lowest BCUT2D eigenvalue weighted by atomic mass is 9.89. The molecule has 1 aliphatic carbocycles. The van der Waals surface area contributed by atoms with Gasteiger partial charge in [0.25, 0.3) is 0 Å². The Labute approximate surface area is 162 Å². The highest BCUT2D eigenvalue weighted by Crippen LogP contribution is 2.57. The van der Waals surface area contributed by atoms with Crippen molar-refractivity contribution in [2.24, 2.45) is 11.3 Å². The molecule has 1 N–H and O–H groups in total. The van der Waals surface area contributed by atoms with Crippen LogP contribution in [0.2, 0.25) is 0 Å². The quantitative estimate of drug-likeness (QED) is 0.709. The van der Waals surface area contributed by atoms with E-state index in [4.69, 9.17) is 4.74 Å². The van der Waals surface area contributed by atoms with E-state index in [1.54, 1.807) is 20.8 Å². The highest BCUT2D eigenvalue weighted by molar-refractivity contribution is 5.92. The topological polar surface area (TPSA) is 66.8 Å². The van der Waals surface area contributed by atoms with Gasteiger partial charge >= 0.3 is 5.97 Å². The van der Waals surface area contributed by atoms with Crippen LogP contribution in [0.3, 0.4) is 0 Å². The lowest BCUT2D eigenvalue weighted by molar-refractivity contribution is -0.153. The maximum Gasteiger partial charge on any atom is 0.311 e. The van der Waals surface area contributed by atoms with Crippen LogP contribution in [0, 0.1) is 11.3 Å². The van der Waals surface area contributed by atoms with Crippen molar-refractivity contribution in [3.63, 3.8) is 0 Å².